The van der Waals surface area contributed by atoms with Gasteiger partial charge in [0.05, 0.1) is 43.6 Å². The number of imidazole rings is 1. The summed E-state index contributed by atoms with van der Waals surface area (Å²) in [5, 5.41) is 19.1. The zero-order valence-electron chi connectivity index (χ0n) is 13.8. The molecule has 2 rings (SSSR count). The Kier molecular flexibility index (Phi) is 6.24. The van der Waals surface area contributed by atoms with Crippen LogP contribution in [0.3, 0.4) is 0 Å². The molecule has 128 valence electrons. The zero-order valence-corrected chi connectivity index (χ0v) is 14.6. The first-order valence-electron chi connectivity index (χ1n) is 8.04. The van der Waals surface area contributed by atoms with Gasteiger partial charge in [-0.2, -0.15) is 0 Å². The highest BCUT2D eigenvalue weighted by atomic mass is 35.5. The average molecular weight is 342 g/mol. The summed E-state index contributed by atoms with van der Waals surface area (Å²) in [7, 11) is 0. The third-order valence-corrected chi connectivity index (χ3v) is 4.45. The molecule has 0 spiro atoms. The van der Waals surface area contributed by atoms with E-state index in [2.05, 4.69) is 23.0 Å². The van der Waals surface area contributed by atoms with E-state index in [1.165, 1.54) is 0 Å². The van der Waals surface area contributed by atoms with Crippen molar-refractivity contribution in [1.82, 2.24) is 4.57 Å². The van der Waals surface area contributed by atoms with Crippen LogP contribution in [0.4, 0.5) is 5.69 Å². The third-order valence-electron chi connectivity index (χ3n) is 4.14. The summed E-state index contributed by atoms with van der Waals surface area (Å²) in [4.78, 5) is 1.90. The summed E-state index contributed by atoms with van der Waals surface area (Å²) in [6, 6.07) is 3.97. The van der Waals surface area contributed by atoms with Crippen LogP contribution >= 0.6 is 11.6 Å². The first-order valence-corrected chi connectivity index (χ1v) is 8.41. The van der Waals surface area contributed by atoms with Gasteiger partial charge in [0.25, 0.3) is 5.82 Å². The van der Waals surface area contributed by atoms with E-state index >= 15 is 0 Å². The molecule has 23 heavy (non-hydrogen) atoms. The number of aliphatic hydroxyl groups is 2. The largest absolute Gasteiger partial charge is 0.395 e. The molecule has 0 aliphatic carbocycles. The van der Waals surface area contributed by atoms with Crippen LogP contribution in [0.1, 0.15) is 19.7 Å². The maximum Gasteiger partial charge on any atom is 0.271 e. The molecular weight excluding hydrogens is 316 g/mol. The summed E-state index contributed by atoms with van der Waals surface area (Å²) < 4.78 is 4.37. The molecule has 1 heterocycles. The Morgan fingerprint density at radius 3 is 2.35 bits per heavy atom. The second kappa shape index (κ2) is 7.97. The molecule has 0 bridgehead atoms. The Morgan fingerprint density at radius 2 is 1.87 bits per heavy atom. The molecule has 0 amide bonds. The van der Waals surface area contributed by atoms with Crippen LogP contribution in [0.2, 0.25) is 5.02 Å². The minimum Gasteiger partial charge on any atom is -0.395 e. The predicted octanol–water partition coefficient (Wildman–Crippen LogP) is 0.872. The van der Waals surface area contributed by atoms with E-state index in [0.717, 1.165) is 35.6 Å². The lowest BCUT2D eigenvalue weighted by Gasteiger charge is -2.23. The first-order chi connectivity index (χ1) is 11.1. The number of aromatic nitrogens is 2. The first kappa shape index (κ1) is 18.0. The molecule has 0 saturated heterocycles. The molecule has 7 heteroatoms. The van der Waals surface area contributed by atoms with E-state index in [-0.39, 0.29) is 13.2 Å². The maximum absolute atomic E-state index is 9.26. The molecule has 2 aromatic rings. The SMILES string of the molecule is CCn1c(CN)[n+](CC)c2cc(N(CCO)CCO)c(Cl)cc21. The van der Waals surface area contributed by atoms with Crippen molar-refractivity contribution in [2.75, 3.05) is 31.2 Å². The van der Waals surface area contributed by atoms with Gasteiger partial charge < -0.3 is 20.8 Å². The van der Waals surface area contributed by atoms with E-state index in [0.29, 0.717) is 24.7 Å². The van der Waals surface area contributed by atoms with Crippen LogP contribution in [0.25, 0.3) is 11.0 Å². The summed E-state index contributed by atoms with van der Waals surface area (Å²) in [5.74, 6) is 1.06. The number of rotatable bonds is 8. The van der Waals surface area contributed by atoms with Gasteiger partial charge in [-0.25, -0.2) is 9.13 Å². The van der Waals surface area contributed by atoms with Crippen molar-refractivity contribution >= 4 is 28.3 Å². The van der Waals surface area contributed by atoms with Crippen molar-refractivity contribution in [3.05, 3.63) is 23.0 Å². The van der Waals surface area contributed by atoms with Gasteiger partial charge in [0.1, 0.15) is 0 Å². The predicted molar refractivity (Wildman–Crippen MR) is 92.8 cm³/mol. The molecule has 1 aromatic heterocycles. The van der Waals surface area contributed by atoms with Crippen molar-refractivity contribution in [1.29, 1.82) is 0 Å². The Morgan fingerprint density at radius 1 is 1.22 bits per heavy atom. The Labute approximate surface area is 141 Å². The number of nitrogens with two attached hydrogens (primary N) is 1. The highest BCUT2D eigenvalue weighted by Gasteiger charge is 2.24. The fraction of sp³-hybridized carbons (Fsp3) is 0.562. The normalized spacial score (nSPS) is 11.4. The monoisotopic (exact) mass is 341 g/mol. The standard InChI is InChI=1S/C16H26ClN4O2/c1-3-20-14-9-12(17)13(19(5-7-22)6-8-23)10-15(14)21(4-2)16(20)11-18/h9-10,22-23H,3-8,11,18H2,1-2H3/q+1. The minimum absolute atomic E-state index is 0.00612. The van der Waals surface area contributed by atoms with E-state index in [4.69, 9.17) is 17.3 Å². The number of fused-ring (bicyclic) bond motifs is 1. The Bertz CT molecular complexity index is 666. The highest BCUT2D eigenvalue weighted by molar-refractivity contribution is 6.34. The molecule has 0 saturated carbocycles. The van der Waals surface area contributed by atoms with E-state index in [9.17, 15) is 10.2 Å². The Balaban J connectivity index is 2.68. The lowest BCUT2D eigenvalue weighted by molar-refractivity contribution is -0.676. The highest BCUT2D eigenvalue weighted by Crippen LogP contribution is 2.31. The average Bonchev–Trinajstić information content (AvgIpc) is 2.85. The molecule has 0 aliphatic heterocycles. The van der Waals surface area contributed by atoms with Crippen LogP contribution in [0.5, 0.6) is 0 Å². The minimum atomic E-state index is 0.00612. The van der Waals surface area contributed by atoms with Gasteiger partial charge in [-0.15, -0.1) is 0 Å². The number of aryl methyl sites for hydroxylation is 2. The fourth-order valence-corrected chi connectivity index (χ4v) is 3.44. The van der Waals surface area contributed by atoms with Crippen molar-refractivity contribution in [3.8, 4) is 0 Å². The van der Waals surface area contributed by atoms with Gasteiger partial charge in [-0.3, -0.25) is 0 Å². The molecule has 0 fully saturated rings. The number of hydrogen-bond acceptors (Lipinski definition) is 4. The summed E-state index contributed by atoms with van der Waals surface area (Å²) in [5.41, 5.74) is 8.88. The number of anilines is 1. The van der Waals surface area contributed by atoms with Crippen LogP contribution in [-0.2, 0) is 19.6 Å². The second-order valence-corrected chi connectivity index (χ2v) is 5.74. The lowest BCUT2D eigenvalue weighted by Crippen LogP contribution is -2.38. The Hall–Kier alpha value is -1.34. The second-order valence-electron chi connectivity index (χ2n) is 5.34. The van der Waals surface area contributed by atoms with Gasteiger partial charge in [-0.1, -0.05) is 11.6 Å². The number of halogens is 1. The van der Waals surface area contributed by atoms with Crippen molar-refractivity contribution in [2.45, 2.75) is 33.5 Å². The van der Waals surface area contributed by atoms with E-state index in [1.807, 2.05) is 17.0 Å². The molecule has 0 radical (unpaired) electrons. The third kappa shape index (κ3) is 3.30. The molecule has 0 unspecified atom stereocenters. The topological polar surface area (TPSA) is 78.5 Å². The molecular formula is C16H26ClN4O2+. The number of benzene rings is 1. The molecule has 0 atom stereocenters. The van der Waals surface area contributed by atoms with Gasteiger partial charge in [0.15, 0.2) is 11.0 Å². The quantitative estimate of drug-likeness (QED) is 0.623. The fourth-order valence-electron chi connectivity index (χ4n) is 3.16. The zero-order chi connectivity index (χ0) is 17.0. The molecule has 6 nitrogen and oxygen atoms in total. The van der Waals surface area contributed by atoms with Crippen molar-refractivity contribution < 1.29 is 14.8 Å². The molecule has 1 aromatic carbocycles. The van der Waals surface area contributed by atoms with E-state index in [1.54, 1.807) is 0 Å². The van der Waals surface area contributed by atoms with Crippen LogP contribution in [0, 0.1) is 0 Å². The maximum atomic E-state index is 9.26. The summed E-state index contributed by atoms with van der Waals surface area (Å²) in [6.45, 7) is 7.14. The number of nitrogens with zero attached hydrogens (tertiary/aromatic N) is 3. The van der Waals surface area contributed by atoms with Crippen LogP contribution < -0.4 is 15.2 Å². The van der Waals surface area contributed by atoms with Crippen molar-refractivity contribution in [2.24, 2.45) is 5.73 Å². The summed E-state index contributed by atoms with van der Waals surface area (Å²) >= 11 is 6.49. The van der Waals surface area contributed by atoms with Gasteiger partial charge >= 0.3 is 0 Å². The molecule has 0 aliphatic rings. The molecule has 4 N–H and O–H groups in total. The smallest absolute Gasteiger partial charge is 0.271 e. The van der Waals surface area contributed by atoms with Crippen LogP contribution in [-0.4, -0.2) is 41.1 Å². The number of aliphatic hydroxyl groups excluding tert-OH is 2. The van der Waals surface area contributed by atoms with Crippen molar-refractivity contribution in [3.63, 3.8) is 0 Å². The lowest BCUT2D eigenvalue weighted by atomic mass is 10.2. The summed E-state index contributed by atoms with van der Waals surface area (Å²) in [6.07, 6.45) is 0. The van der Waals surface area contributed by atoms with Gasteiger partial charge in [-0.05, 0) is 13.8 Å². The van der Waals surface area contributed by atoms with Crippen LogP contribution in [0.15, 0.2) is 12.1 Å². The van der Waals surface area contributed by atoms with Gasteiger partial charge in [0.2, 0.25) is 0 Å². The van der Waals surface area contributed by atoms with E-state index < -0.39 is 0 Å². The number of hydrogen-bond donors (Lipinski definition) is 3. The van der Waals surface area contributed by atoms with Gasteiger partial charge in [0, 0.05) is 25.2 Å².